The van der Waals surface area contributed by atoms with Crippen molar-refractivity contribution in [3.05, 3.63) is 65.7 Å². The number of ether oxygens (including phenoxy) is 1. The third-order valence-electron chi connectivity index (χ3n) is 3.80. The first kappa shape index (κ1) is 17.0. The maximum absolute atomic E-state index is 12.3. The first-order chi connectivity index (χ1) is 11.0. The molecule has 0 heterocycles. The standard InChI is InChI=1S/C19H24N2O2/c1-15-9-6-7-12-17(15)23-14-8-13-21-18(22)19(2,20)16-10-4-3-5-11-16/h3-7,9-12H,8,13-14,20H2,1-2H3,(H,21,22). The van der Waals surface area contributed by atoms with Gasteiger partial charge in [-0.05, 0) is 37.5 Å². The van der Waals surface area contributed by atoms with E-state index in [2.05, 4.69) is 5.32 Å². The van der Waals surface area contributed by atoms with Crippen molar-refractivity contribution in [2.45, 2.75) is 25.8 Å². The number of nitrogens with one attached hydrogen (secondary N) is 1. The number of hydrogen-bond donors (Lipinski definition) is 2. The van der Waals surface area contributed by atoms with Gasteiger partial charge in [-0.3, -0.25) is 4.79 Å². The molecule has 1 amide bonds. The molecule has 0 aliphatic rings. The maximum atomic E-state index is 12.3. The molecule has 0 aliphatic heterocycles. The van der Waals surface area contributed by atoms with Crippen LogP contribution in [-0.4, -0.2) is 19.1 Å². The molecule has 0 bridgehead atoms. The average Bonchev–Trinajstić information content (AvgIpc) is 2.56. The van der Waals surface area contributed by atoms with Crippen molar-refractivity contribution in [2.24, 2.45) is 5.73 Å². The highest BCUT2D eigenvalue weighted by molar-refractivity contribution is 5.86. The molecule has 4 heteroatoms. The van der Waals surface area contributed by atoms with Crippen LogP contribution in [0.4, 0.5) is 0 Å². The van der Waals surface area contributed by atoms with Crippen LogP contribution < -0.4 is 15.8 Å². The summed E-state index contributed by atoms with van der Waals surface area (Å²) in [4.78, 5) is 12.3. The summed E-state index contributed by atoms with van der Waals surface area (Å²) in [5, 5.41) is 2.88. The zero-order valence-corrected chi connectivity index (χ0v) is 13.7. The molecule has 0 aromatic heterocycles. The van der Waals surface area contributed by atoms with E-state index in [4.69, 9.17) is 10.5 Å². The molecule has 2 rings (SSSR count). The Labute approximate surface area is 137 Å². The molecule has 2 aromatic carbocycles. The zero-order chi connectivity index (χ0) is 16.7. The summed E-state index contributed by atoms with van der Waals surface area (Å²) in [6, 6.07) is 17.3. The largest absolute Gasteiger partial charge is 0.493 e. The molecule has 0 spiro atoms. The summed E-state index contributed by atoms with van der Waals surface area (Å²) in [5.74, 6) is 0.700. The smallest absolute Gasteiger partial charge is 0.244 e. The number of rotatable bonds is 7. The molecule has 0 aliphatic carbocycles. The number of carbonyl (C=O) groups excluding carboxylic acids is 1. The van der Waals surface area contributed by atoms with Gasteiger partial charge in [-0.2, -0.15) is 0 Å². The van der Waals surface area contributed by atoms with Gasteiger partial charge in [-0.25, -0.2) is 0 Å². The summed E-state index contributed by atoms with van der Waals surface area (Å²) >= 11 is 0. The van der Waals surface area contributed by atoms with Crippen molar-refractivity contribution < 1.29 is 9.53 Å². The van der Waals surface area contributed by atoms with Crippen molar-refractivity contribution in [1.82, 2.24) is 5.32 Å². The summed E-state index contributed by atoms with van der Waals surface area (Å²) < 4.78 is 5.71. The van der Waals surface area contributed by atoms with Crippen LogP contribution >= 0.6 is 0 Å². The second-order valence-corrected chi connectivity index (χ2v) is 5.79. The summed E-state index contributed by atoms with van der Waals surface area (Å²) in [6.07, 6.45) is 0.727. The third-order valence-corrected chi connectivity index (χ3v) is 3.80. The van der Waals surface area contributed by atoms with E-state index in [1.165, 1.54) is 0 Å². The summed E-state index contributed by atoms with van der Waals surface area (Å²) in [5.41, 5.74) is 7.04. The van der Waals surface area contributed by atoms with E-state index in [0.717, 1.165) is 23.3 Å². The van der Waals surface area contributed by atoms with E-state index in [9.17, 15) is 4.79 Å². The minimum Gasteiger partial charge on any atom is -0.493 e. The quantitative estimate of drug-likeness (QED) is 0.773. The van der Waals surface area contributed by atoms with Gasteiger partial charge in [0, 0.05) is 6.54 Å². The van der Waals surface area contributed by atoms with Gasteiger partial charge in [-0.15, -0.1) is 0 Å². The highest BCUT2D eigenvalue weighted by Crippen LogP contribution is 2.18. The molecular weight excluding hydrogens is 288 g/mol. The van der Waals surface area contributed by atoms with Crippen LogP contribution in [0.3, 0.4) is 0 Å². The Morgan fingerprint density at radius 3 is 2.48 bits per heavy atom. The molecule has 3 N–H and O–H groups in total. The van der Waals surface area contributed by atoms with Crippen molar-refractivity contribution in [3.8, 4) is 5.75 Å². The lowest BCUT2D eigenvalue weighted by atomic mass is 9.92. The lowest BCUT2D eigenvalue weighted by molar-refractivity contribution is -0.126. The van der Waals surface area contributed by atoms with Crippen LogP contribution in [-0.2, 0) is 10.3 Å². The van der Waals surface area contributed by atoms with Crippen molar-refractivity contribution in [1.29, 1.82) is 0 Å². The van der Waals surface area contributed by atoms with E-state index in [1.54, 1.807) is 6.92 Å². The Morgan fingerprint density at radius 2 is 1.78 bits per heavy atom. The van der Waals surface area contributed by atoms with E-state index >= 15 is 0 Å². The molecule has 4 nitrogen and oxygen atoms in total. The topological polar surface area (TPSA) is 64.3 Å². The van der Waals surface area contributed by atoms with Crippen molar-refractivity contribution >= 4 is 5.91 Å². The van der Waals surface area contributed by atoms with Crippen LogP contribution in [0.2, 0.25) is 0 Å². The highest BCUT2D eigenvalue weighted by Gasteiger charge is 2.29. The van der Waals surface area contributed by atoms with Crippen LogP contribution in [0.5, 0.6) is 5.75 Å². The van der Waals surface area contributed by atoms with E-state index in [-0.39, 0.29) is 5.91 Å². The Morgan fingerprint density at radius 1 is 1.13 bits per heavy atom. The number of para-hydroxylation sites is 1. The van der Waals surface area contributed by atoms with E-state index < -0.39 is 5.54 Å². The lowest BCUT2D eigenvalue weighted by Crippen LogP contribution is -2.49. The van der Waals surface area contributed by atoms with Crippen LogP contribution in [0.1, 0.15) is 24.5 Å². The normalized spacial score (nSPS) is 13.2. The van der Waals surface area contributed by atoms with Gasteiger partial charge in [0.15, 0.2) is 0 Å². The van der Waals surface area contributed by atoms with Gasteiger partial charge in [0.1, 0.15) is 11.3 Å². The first-order valence-corrected chi connectivity index (χ1v) is 7.83. The van der Waals surface area contributed by atoms with Gasteiger partial charge in [-0.1, -0.05) is 48.5 Å². The van der Waals surface area contributed by atoms with Crippen molar-refractivity contribution in [3.63, 3.8) is 0 Å². The third kappa shape index (κ3) is 4.57. The maximum Gasteiger partial charge on any atom is 0.244 e. The second-order valence-electron chi connectivity index (χ2n) is 5.79. The lowest BCUT2D eigenvalue weighted by Gasteiger charge is -2.24. The fraction of sp³-hybridized carbons (Fsp3) is 0.316. The average molecular weight is 312 g/mol. The number of nitrogens with two attached hydrogens (primary N) is 1. The van der Waals surface area contributed by atoms with E-state index in [1.807, 2.05) is 61.5 Å². The van der Waals surface area contributed by atoms with Crippen LogP contribution in [0.15, 0.2) is 54.6 Å². The fourth-order valence-electron chi connectivity index (χ4n) is 2.27. The molecule has 122 valence electrons. The van der Waals surface area contributed by atoms with Gasteiger partial charge in [0.25, 0.3) is 0 Å². The molecule has 0 saturated carbocycles. The van der Waals surface area contributed by atoms with E-state index in [0.29, 0.717) is 13.2 Å². The molecule has 1 unspecified atom stereocenters. The predicted molar refractivity (Wildman–Crippen MR) is 92.3 cm³/mol. The van der Waals surface area contributed by atoms with Crippen LogP contribution in [0.25, 0.3) is 0 Å². The SMILES string of the molecule is Cc1ccccc1OCCCNC(=O)C(C)(N)c1ccccc1. The summed E-state index contributed by atoms with van der Waals surface area (Å²) in [6.45, 7) is 4.82. The Hall–Kier alpha value is -2.33. The molecule has 0 saturated heterocycles. The first-order valence-electron chi connectivity index (χ1n) is 7.83. The Kier molecular flexibility index (Phi) is 5.77. The zero-order valence-electron chi connectivity index (χ0n) is 13.7. The number of carbonyl (C=O) groups is 1. The van der Waals surface area contributed by atoms with Gasteiger partial charge < -0.3 is 15.8 Å². The van der Waals surface area contributed by atoms with Gasteiger partial charge >= 0.3 is 0 Å². The minimum absolute atomic E-state index is 0.181. The molecule has 2 aromatic rings. The molecule has 1 atom stereocenters. The molecule has 0 radical (unpaired) electrons. The number of benzene rings is 2. The highest BCUT2D eigenvalue weighted by atomic mass is 16.5. The van der Waals surface area contributed by atoms with Crippen molar-refractivity contribution in [2.75, 3.05) is 13.2 Å². The second kappa shape index (κ2) is 7.79. The number of aryl methyl sites for hydroxylation is 1. The summed E-state index contributed by atoms with van der Waals surface area (Å²) in [7, 11) is 0. The Bertz CT molecular complexity index is 639. The predicted octanol–water partition coefficient (Wildman–Crippen LogP) is 2.75. The minimum atomic E-state index is -1.03. The molecule has 23 heavy (non-hydrogen) atoms. The monoisotopic (exact) mass is 312 g/mol. The molecular formula is C19H24N2O2. The number of hydrogen-bond acceptors (Lipinski definition) is 3. The van der Waals surface area contributed by atoms with Gasteiger partial charge in [0.05, 0.1) is 6.61 Å². The fourth-order valence-corrected chi connectivity index (χ4v) is 2.27. The van der Waals surface area contributed by atoms with Crippen LogP contribution in [0, 0.1) is 6.92 Å². The number of amides is 1. The van der Waals surface area contributed by atoms with Gasteiger partial charge in [0.2, 0.25) is 5.91 Å². The Balaban J connectivity index is 1.76. The molecule has 0 fully saturated rings.